The molecule has 0 bridgehead atoms. The summed E-state index contributed by atoms with van der Waals surface area (Å²) in [5, 5.41) is 27.4. The normalized spacial score (nSPS) is 22.3. The number of carbonyl (C=O) groups excluding carboxylic acids is 4. The highest BCUT2D eigenvalue weighted by Crippen LogP contribution is 2.57. The van der Waals surface area contributed by atoms with Crippen LogP contribution in [-0.4, -0.2) is 47.1 Å². The van der Waals surface area contributed by atoms with Gasteiger partial charge in [0.1, 0.15) is 39.7 Å². The van der Waals surface area contributed by atoms with Crippen molar-refractivity contribution in [3.05, 3.63) is 63.6 Å². The number of rotatable bonds is 6. The molecule has 2 aromatic rings. The Morgan fingerprint density at radius 3 is 2.56 bits per heavy atom. The number of amides is 1. The minimum atomic E-state index is -1.59. The predicted octanol–water partition coefficient (Wildman–Crippen LogP) is 3.29. The Morgan fingerprint density at radius 2 is 1.90 bits per heavy atom. The third kappa shape index (κ3) is 3.70. The average Bonchev–Trinajstić information content (AvgIpc) is 3.35. The van der Waals surface area contributed by atoms with Crippen molar-refractivity contribution in [2.45, 2.75) is 45.4 Å². The lowest BCUT2D eigenvalue weighted by atomic mass is 9.70. The molecule has 0 spiro atoms. The van der Waals surface area contributed by atoms with Crippen molar-refractivity contribution in [2.24, 2.45) is 0 Å². The van der Waals surface area contributed by atoms with Gasteiger partial charge in [0.15, 0.2) is 17.3 Å². The molecule has 39 heavy (non-hydrogen) atoms. The third-order valence-corrected chi connectivity index (χ3v) is 7.79. The minimum absolute atomic E-state index is 0.0277. The quantitative estimate of drug-likeness (QED) is 0.250. The minimum Gasteiger partial charge on any atom is -0.507 e. The van der Waals surface area contributed by atoms with Crippen molar-refractivity contribution in [1.82, 2.24) is 5.32 Å². The maximum Gasteiger partial charge on any atom is 0.232 e. The zero-order valence-electron chi connectivity index (χ0n) is 22.1. The van der Waals surface area contributed by atoms with Crippen LogP contribution in [0.2, 0.25) is 0 Å². The average molecular weight is 533 g/mol. The second kappa shape index (κ2) is 9.00. The van der Waals surface area contributed by atoms with E-state index in [9.17, 15) is 29.4 Å². The van der Waals surface area contributed by atoms with Crippen molar-refractivity contribution >= 4 is 28.9 Å². The fraction of sp³-hybridized carbons (Fsp3) is 0.310. The number of hydrogen-bond acceptors (Lipinski definition) is 9. The zero-order valence-corrected chi connectivity index (χ0v) is 22.1. The Bertz CT molecular complexity index is 1570. The number of benzene rings is 2. The predicted molar refractivity (Wildman–Crippen MR) is 140 cm³/mol. The number of ketones is 3. The van der Waals surface area contributed by atoms with Crippen LogP contribution >= 0.6 is 0 Å². The molecule has 2 aromatic carbocycles. The molecule has 2 aliphatic heterocycles. The Morgan fingerprint density at radius 1 is 1.18 bits per heavy atom. The van der Waals surface area contributed by atoms with Gasteiger partial charge in [-0.15, -0.1) is 0 Å². The number of nitrogens with one attached hydrogen (secondary N) is 2. The fourth-order valence-electron chi connectivity index (χ4n) is 5.57. The monoisotopic (exact) mass is 532 g/mol. The van der Waals surface area contributed by atoms with Crippen LogP contribution in [0.3, 0.4) is 0 Å². The van der Waals surface area contributed by atoms with Crippen molar-refractivity contribution in [2.75, 3.05) is 19.0 Å². The first kappa shape index (κ1) is 26.0. The molecule has 0 saturated carbocycles. The Balaban J connectivity index is 1.46. The molecule has 0 aromatic heterocycles. The van der Waals surface area contributed by atoms with Crippen molar-refractivity contribution in [3.8, 4) is 23.0 Å². The topological polar surface area (TPSA) is 151 Å². The molecule has 2 atom stereocenters. The number of phenolic OH excluding ortho intramolecular Hbond substituents is 2. The third-order valence-electron chi connectivity index (χ3n) is 7.79. The van der Waals surface area contributed by atoms with E-state index in [-0.39, 0.29) is 52.0 Å². The molecule has 0 saturated heterocycles. The highest BCUT2D eigenvalue weighted by atomic mass is 16.5. The van der Waals surface area contributed by atoms with Gasteiger partial charge < -0.3 is 30.3 Å². The van der Waals surface area contributed by atoms with Crippen LogP contribution in [0, 0.1) is 6.92 Å². The lowest BCUT2D eigenvalue weighted by Gasteiger charge is -2.29. The molecule has 0 unspecified atom stereocenters. The van der Waals surface area contributed by atoms with Crippen LogP contribution in [0.15, 0.2) is 41.3 Å². The van der Waals surface area contributed by atoms with Gasteiger partial charge in [0, 0.05) is 29.6 Å². The molecular formula is C29H28N2O8. The number of ether oxygens (including phenoxy) is 2. The summed E-state index contributed by atoms with van der Waals surface area (Å²) in [4.78, 5) is 51.9. The number of Topliss-reactive ketones (excluding diaryl/α,β-unsaturated/α-hetero) is 2. The second-order valence-corrected chi connectivity index (χ2v) is 10.1. The fourth-order valence-corrected chi connectivity index (χ4v) is 5.57. The van der Waals surface area contributed by atoms with E-state index in [1.54, 1.807) is 26.2 Å². The summed E-state index contributed by atoms with van der Waals surface area (Å²) in [5.74, 6) is -2.66. The largest absolute Gasteiger partial charge is 0.507 e. The summed E-state index contributed by atoms with van der Waals surface area (Å²) in [6, 6.07) is 5.36. The number of phenols is 2. The Kier molecular flexibility index (Phi) is 6.01. The number of carbonyl (C=O) groups is 4. The van der Waals surface area contributed by atoms with Gasteiger partial charge in [-0.05, 0) is 57.9 Å². The van der Waals surface area contributed by atoms with Crippen molar-refractivity contribution in [1.29, 1.82) is 0 Å². The van der Waals surface area contributed by atoms with Gasteiger partial charge in [-0.1, -0.05) is 0 Å². The molecule has 1 aliphatic carbocycles. The number of hydrogen-bond donors (Lipinski definition) is 4. The number of methoxy groups -OCH3 is 1. The molecule has 2 heterocycles. The molecule has 10 heteroatoms. The summed E-state index contributed by atoms with van der Waals surface area (Å²) < 4.78 is 11.1. The van der Waals surface area contributed by atoms with E-state index >= 15 is 0 Å². The van der Waals surface area contributed by atoms with E-state index in [0.29, 0.717) is 17.9 Å². The summed E-state index contributed by atoms with van der Waals surface area (Å²) in [6.45, 7) is 6.06. The summed E-state index contributed by atoms with van der Waals surface area (Å²) in [5.41, 5.74) is 0.0266. The molecule has 10 nitrogen and oxygen atoms in total. The molecule has 0 radical (unpaired) electrons. The van der Waals surface area contributed by atoms with E-state index in [1.165, 1.54) is 26.8 Å². The SMILES string of the molecule is COc1ccc2c(c1)[C@H](CCN/C(C)=C1\C(=O)C=C3Oc4c(C(C)=O)c(O)c(C)c(O)c4[C@@]3(C)C1=O)C(=O)N2. The number of anilines is 1. The van der Waals surface area contributed by atoms with Crippen LogP contribution < -0.4 is 20.1 Å². The van der Waals surface area contributed by atoms with Crippen molar-refractivity contribution < 1.29 is 38.9 Å². The van der Waals surface area contributed by atoms with Crippen LogP contribution in [0.25, 0.3) is 0 Å². The van der Waals surface area contributed by atoms with Gasteiger partial charge in [-0.25, -0.2) is 0 Å². The maximum absolute atomic E-state index is 13.9. The second-order valence-electron chi connectivity index (χ2n) is 10.1. The van der Waals surface area contributed by atoms with Crippen LogP contribution in [0.1, 0.15) is 60.2 Å². The molecule has 1 amide bonds. The summed E-state index contributed by atoms with van der Waals surface area (Å²) >= 11 is 0. The van der Waals surface area contributed by atoms with Gasteiger partial charge >= 0.3 is 0 Å². The number of fused-ring (bicyclic) bond motifs is 4. The molecule has 4 N–H and O–H groups in total. The van der Waals surface area contributed by atoms with Gasteiger partial charge in [0.25, 0.3) is 0 Å². The molecule has 202 valence electrons. The van der Waals surface area contributed by atoms with E-state index in [2.05, 4.69) is 10.6 Å². The van der Waals surface area contributed by atoms with Gasteiger partial charge in [-0.3, -0.25) is 19.2 Å². The standard InChI is InChI=1S/C29H28N2O8/c1-12-24(34)22(14(3)32)26-23(25(12)35)29(4)20(39-26)11-19(33)21(27(29)36)13(2)30-9-8-16-17-10-15(38-5)6-7-18(17)31-28(16)37/h6-7,10-11,16,30,34-35H,8-9H2,1-5H3,(H,31,37)/b21-13+/t16-,29-/m0/s1. The summed E-state index contributed by atoms with van der Waals surface area (Å²) in [6.07, 6.45) is 1.56. The Hall–Kier alpha value is -4.60. The molecule has 0 fully saturated rings. The molecule has 5 rings (SSSR count). The smallest absolute Gasteiger partial charge is 0.232 e. The number of aromatic hydroxyl groups is 2. The summed E-state index contributed by atoms with van der Waals surface area (Å²) in [7, 11) is 1.55. The van der Waals surface area contributed by atoms with Gasteiger partial charge in [0.2, 0.25) is 5.91 Å². The molecular weight excluding hydrogens is 504 g/mol. The van der Waals surface area contributed by atoms with Crippen LogP contribution in [0.4, 0.5) is 5.69 Å². The van der Waals surface area contributed by atoms with Gasteiger partial charge in [0.05, 0.1) is 24.2 Å². The van der Waals surface area contributed by atoms with Crippen LogP contribution in [0.5, 0.6) is 23.0 Å². The lowest BCUT2D eigenvalue weighted by Crippen LogP contribution is -2.41. The first-order valence-corrected chi connectivity index (χ1v) is 12.4. The highest BCUT2D eigenvalue weighted by Gasteiger charge is 2.56. The molecule has 3 aliphatic rings. The van der Waals surface area contributed by atoms with Crippen LogP contribution in [-0.2, 0) is 19.8 Å². The van der Waals surface area contributed by atoms with E-state index < -0.39 is 34.4 Å². The first-order chi connectivity index (χ1) is 18.4. The van der Waals surface area contributed by atoms with E-state index in [4.69, 9.17) is 9.47 Å². The van der Waals surface area contributed by atoms with E-state index in [0.717, 1.165) is 11.3 Å². The Labute approximate surface area is 224 Å². The van der Waals surface area contributed by atoms with E-state index in [1.807, 2.05) is 6.07 Å². The zero-order chi connectivity index (χ0) is 28.4. The first-order valence-electron chi connectivity index (χ1n) is 12.4. The van der Waals surface area contributed by atoms with Gasteiger partial charge in [-0.2, -0.15) is 0 Å². The maximum atomic E-state index is 13.9. The van der Waals surface area contributed by atoms with Crippen molar-refractivity contribution in [3.63, 3.8) is 0 Å². The number of allylic oxidation sites excluding steroid dienone is 4. The highest BCUT2D eigenvalue weighted by molar-refractivity contribution is 6.31. The lowest BCUT2D eigenvalue weighted by molar-refractivity contribution is -0.123.